The van der Waals surface area contributed by atoms with E-state index in [2.05, 4.69) is 12.6 Å². The van der Waals surface area contributed by atoms with Gasteiger partial charge in [0.25, 0.3) is 0 Å². The molecule has 3 rings (SSSR count). The molecule has 3 aliphatic heterocycles. The Morgan fingerprint density at radius 2 is 2.41 bits per heavy atom. The highest BCUT2D eigenvalue weighted by Crippen LogP contribution is 2.53. The molecule has 0 radical (unpaired) electrons. The predicted octanol–water partition coefficient (Wildman–Crippen LogP) is 1.19. The van der Waals surface area contributed by atoms with Gasteiger partial charge in [0.05, 0.1) is 18.8 Å². The van der Waals surface area contributed by atoms with E-state index in [9.17, 15) is 4.79 Å². The average Bonchev–Trinajstić information content (AvgIpc) is 2.96. The number of fused-ring (bicyclic) bond motifs is 3. The number of cyclic esters (lactones) is 1. The summed E-state index contributed by atoms with van der Waals surface area (Å²) in [5.41, 5.74) is -0.394. The van der Waals surface area contributed by atoms with E-state index in [1.165, 1.54) is 0 Å². The summed E-state index contributed by atoms with van der Waals surface area (Å²) >= 11 is 4.16. The summed E-state index contributed by atoms with van der Waals surface area (Å²) in [5, 5.41) is 0. The molecule has 17 heavy (non-hydrogen) atoms. The maximum absolute atomic E-state index is 11.9. The van der Waals surface area contributed by atoms with Crippen LogP contribution in [0.2, 0.25) is 0 Å². The molecule has 3 heterocycles. The fraction of sp³-hybridized carbons (Fsp3) is 0.917. The van der Waals surface area contributed by atoms with Crippen LogP contribution in [0.4, 0.5) is 0 Å². The third-order valence-electron chi connectivity index (χ3n) is 4.13. The zero-order chi connectivity index (χ0) is 11.9. The maximum Gasteiger partial charge on any atom is 0.315 e. The third-order valence-corrected chi connectivity index (χ3v) is 4.45. The predicted molar refractivity (Wildman–Crippen MR) is 64.1 cm³/mol. The Morgan fingerprint density at radius 3 is 3.06 bits per heavy atom. The van der Waals surface area contributed by atoms with Crippen LogP contribution >= 0.6 is 12.6 Å². The van der Waals surface area contributed by atoms with Crippen LogP contribution in [0.3, 0.4) is 0 Å². The van der Waals surface area contributed by atoms with Gasteiger partial charge in [0.15, 0.2) is 0 Å². The van der Waals surface area contributed by atoms with Gasteiger partial charge >= 0.3 is 5.97 Å². The van der Waals surface area contributed by atoms with Gasteiger partial charge in [-0.05, 0) is 18.6 Å². The highest BCUT2D eigenvalue weighted by atomic mass is 32.1. The molecule has 4 atom stereocenters. The molecule has 3 fully saturated rings. The van der Waals surface area contributed by atoms with Crippen LogP contribution in [0.15, 0.2) is 0 Å². The second-order valence-corrected chi connectivity index (χ2v) is 5.59. The normalized spacial score (nSPS) is 43.6. The largest absolute Gasteiger partial charge is 0.465 e. The first-order chi connectivity index (χ1) is 8.26. The van der Waals surface area contributed by atoms with Crippen molar-refractivity contribution < 1.29 is 19.0 Å². The smallest absolute Gasteiger partial charge is 0.315 e. The van der Waals surface area contributed by atoms with E-state index < -0.39 is 5.41 Å². The molecule has 96 valence electrons. The van der Waals surface area contributed by atoms with Gasteiger partial charge in [-0.15, -0.1) is 0 Å². The number of ether oxygens (including phenoxy) is 3. The number of thiol groups is 1. The molecule has 3 saturated heterocycles. The molecular formula is C12H18O4S. The molecule has 2 bridgehead atoms. The van der Waals surface area contributed by atoms with Crippen LogP contribution in [0.25, 0.3) is 0 Å². The van der Waals surface area contributed by atoms with E-state index in [0.29, 0.717) is 13.2 Å². The van der Waals surface area contributed by atoms with Crippen molar-refractivity contribution in [2.45, 2.75) is 44.0 Å². The van der Waals surface area contributed by atoms with E-state index in [1.807, 2.05) is 0 Å². The van der Waals surface area contributed by atoms with Crippen molar-refractivity contribution in [1.82, 2.24) is 0 Å². The Hall–Kier alpha value is -0.260. The van der Waals surface area contributed by atoms with Gasteiger partial charge in [-0.25, -0.2) is 0 Å². The van der Waals surface area contributed by atoms with Gasteiger partial charge in [0, 0.05) is 19.4 Å². The Bertz CT molecular complexity index is 322. The standard InChI is InChI=1S/C12H18O4S/c13-11-12(2-4-15-11)7-8-6-9(10(12)16-8)14-3-1-5-17/h8-10,17H,1-7H2. The van der Waals surface area contributed by atoms with Gasteiger partial charge in [0.2, 0.25) is 0 Å². The van der Waals surface area contributed by atoms with Gasteiger partial charge in [-0.3, -0.25) is 4.79 Å². The summed E-state index contributed by atoms with van der Waals surface area (Å²) < 4.78 is 16.8. The van der Waals surface area contributed by atoms with Crippen molar-refractivity contribution in [3.05, 3.63) is 0 Å². The van der Waals surface area contributed by atoms with E-state index in [-0.39, 0.29) is 24.3 Å². The SMILES string of the molecule is O=C1OCCC12CC1CC(OCCCS)C2O1. The monoisotopic (exact) mass is 258 g/mol. The lowest BCUT2D eigenvalue weighted by molar-refractivity contribution is -0.152. The minimum atomic E-state index is -0.394. The lowest BCUT2D eigenvalue weighted by atomic mass is 9.72. The number of rotatable bonds is 4. The number of esters is 1. The second-order valence-electron chi connectivity index (χ2n) is 5.15. The van der Waals surface area contributed by atoms with Crippen LogP contribution in [0.5, 0.6) is 0 Å². The molecule has 0 aromatic heterocycles. The molecule has 0 saturated carbocycles. The highest BCUT2D eigenvalue weighted by Gasteiger charge is 2.64. The number of hydrogen-bond donors (Lipinski definition) is 1. The number of hydrogen-bond acceptors (Lipinski definition) is 5. The zero-order valence-electron chi connectivity index (χ0n) is 9.76. The Balaban J connectivity index is 1.68. The zero-order valence-corrected chi connectivity index (χ0v) is 10.7. The summed E-state index contributed by atoms with van der Waals surface area (Å²) in [4.78, 5) is 11.9. The molecule has 1 spiro atoms. The van der Waals surface area contributed by atoms with Crippen LogP contribution in [0, 0.1) is 5.41 Å². The van der Waals surface area contributed by atoms with Crippen LogP contribution < -0.4 is 0 Å². The minimum Gasteiger partial charge on any atom is -0.465 e. The molecule has 4 unspecified atom stereocenters. The van der Waals surface area contributed by atoms with Crippen LogP contribution in [-0.2, 0) is 19.0 Å². The van der Waals surface area contributed by atoms with Crippen molar-refractivity contribution in [3.63, 3.8) is 0 Å². The van der Waals surface area contributed by atoms with Crippen molar-refractivity contribution in [2.75, 3.05) is 19.0 Å². The van der Waals surface area contributed by atoms with E-state index in [4.69, 9.17) is 14.2 Å². The molecule has 0 N–H and O–H groups in total. The third kappa shape index (κ3) is 1.79. The summed E-state index contributed by atoms with van der Waals surface area (Å²) in [6.45, 7) is 1.24. The second kappa shape index (κ2) is 4.44. The first kappa shape index (κ1) is 11.8. The topological polar surface area (TPSA) is 44.8 Å². The molecular weight excluding hydrogens is 240 g/mol. The van der Waals surface area contributed by atoms with Crippen molar-refractivity contribution in [2.24, 2.45) is 5.41 Å². The Labute approximate surface area is 106 Å². The summed E-state index contributed by atoms with van der Waals surface area (Å²) in [6, 6.07) is 0. The van der Waals surface area contributed by atoms with Crippen molar-refractivity contribution >= 4 is 18.6 Å². The highest BCUT2D eigenvalue weighted by molar-refractivity contribution is 7.80. The first-order valence-corrected chi connectivity index (χ1v) is 6.95. The summed E-state index contributed by atoms with van der Waals surface area (Å²) in [5.74, 6) is 0.752. The van der Waals surface area contributed by atoms with Gasteiger partial charge in [-0.1, -0.05) is 0 Å². The molecule has 3 aliphatic rings. The quantitative estimate of drug-likeness (QED) is 0.467. The molecule has 0 aromatic carbocycles. The molecule has 0 aromatic rings. The van der Waals surface area contributed by atoms with E-state index in [1.54, 1.807) is 0 Å². The average molecular weight is 258 g/mol. The first-order valence-electron chi connectivity index (χ1n) is 6.31. The number of carbonyl (C=O) groups excluding carboxylic acids is 1. The molecule has 0 amide bonds. The lowest BCUT2D eigenvalue weighted by Gasteiger charge is -2.32. The minimum absolute atomic E-state index is 0.0688. The van der Waals surface area contributed by atoms with Gasteiger partial charge in [-0.2, -0.15) is 12.6 Å². The van der Waals surface area contributed by atoms with Crippen molar-refractivity contribution in [1.29, 1.82) is 0 Å². The van der Waals surface area contributed by atoms with Gasteiger partial charge < -0.3 is 14.2 Å². The number of carbonyl (C=O) groups is 1. The maximum atomic E-state index is 11.9. The van der Waals surface area contributed by atoms with Crippen LogP contribution in [0.1, 0.15) is 25.7 Å². The lowest BCUT2D eigenvalue weighted by Crippen LogP contribution is -2.45. The summed E-state index contributed by atoms with van der Waals surface area (Å²) in [7, 11) is 0. The Kier molecular flexibility index (Phi) is 3.09. The summed E-state index contributed by atoms with van der Waals surface area (Å²) in [6.07, 6.45) is 3.65. The van der Waals surface area contributed by atoms with Gasteiger partial charge in [0.1, 0.15) is 11.5 Å². The molecule has 5 heteroatoms. The Morgan fingerprint density at radius 1 is 1.53 bits per heavy atom. The fourth-order valence-electron chi connectivity index (χ4n) is 3.34. The van der Waals surface area contributed by atoms with E-state index in [0.717, 1.165) is 31.4 Å². The van der Waals surface area contributed by atoms with Crippen molar-refractivity contribution in [3.8, 4) is 0 Å². The van der Waals surface area contributed by atoms with Crippen LogP contribution in [-0.4, -0.2) is 43.2 Å². The molecule has 0 aliphatic carbocycles. The van der Waals surface area contributed by atoms with E-state index >= 15 is 0 Å². The fourth-order valence-corrected chi connectivity index (χ4v) is 3.47. The molecule has 4 nitrogen and oxygen atoms in total.